The molecular weight excluding hydrogens is 264 g/mol. The van der Waals surface area contributed by atoms with Gasteiger partial charge in [0.15, 0.2) is 0 Å². The molecule has 106 valence electrons. The summed E-state index contributed by atoms with van der Waals surface area (Å²) in [6.07, 6.45) is 1.82. The second-order valence-electron chi connectivity index (χ2n) is 4.02. The fraction of sp³-hybridized carbons (Fsp3) is 0.538. The number of hydrogen-bond acceptors (Lipinski definition) is 4. The zero-order valence-corrected chi connectivity index (χ0v) is 11.9. The first kappa shape index (κ1) is 15.5. The molecule has 0 spiro atoms. The molecule has 2 amide bonds. The third kappa shape index (κ3) is 7.46. The van der Waals surface area contributed by atoms with E-state index in [-0.39, 0.29) is 5.91 Å². The van der Waals surface area contributed by atoms with Crippen molar-refractivity contribution < 1.29 is 14.3 Å². The molecule has 0 bridgehead atoms. The molecule has 19 heavy (non-hydrogen) atoms. The minimum atomic E-state index is -0.430. The highest BCUT2D eigenvalue weighted by molar-refractivity contribution is 7.10. The van der Waals surface area contributed by atoms with Crippen molar-refractivity contribution in [1.82, 2.24) is 10.6 Å². The van der Waals surface area contributed by atoms with Gasteiger partial charge >= 0.3 is 6.09 Å². The Bertz CT molecular complexity index is 379. The highest BCUT2D eigenvalue weighted by Gasteiger charge is 2.04. The number of unbranched alkanes of at least 4 members (excludes halogenated alkanes) is 1. The molecule has 1 rings (SSSR count). The minimum Gasteiger partial charge on any atom is -0.450 e. The summed E-state index contributed by atoms with van der Waals surface area (Å²) >= 11 is 1.56. The van der Waals surface area contributed by atoms with E-state index in [2.05, 4.69) is 10.6 Å². The maximum Gasteiger partial charge on any atom is 0.407 e. The molecule has 1 aromatic rings. The van der Waals surface area contributed by atoms with E-state index < -0.39 is 6.09 Å². The number of rotatable bonds is 8. The summed E-state index contributed by atoms with van der Waals surface area (Å²) in [4.78, 5) is 23.7. The Morgan fingerprint density at radius 2 is 2.11 bits per heavy atom. The van der Waals surface area contributed by atoms with E-state index in [9.17, 15) is 9.59 Å². The van der Waals surface area contributed by atoms with Gasteiger partial charge in [-0.15, -0.1) is 11.3 Å². The van der Waals surface area contributed by atoms with Crippen LogP contribution in [0, 0.1) is 0 Å². The van der Waals surface area contributed by atoms with Gasteiger partial charge in [-0.25, -0.2) is 4.79 Å². The zero-order chi connectivity index (χ0) is 13.9. The lowest BCUT2D eigenvalue weighted by Gasteiger charge is -2.07. The van der Waals surface area contributed by atoms with Gasteiger partial charge in [0.25, 0.3) is 0 Å². The largest absolute Gasteiger partial charge is 0.450 e. The summed E-state index contributed by atoms with van der Waals surface area (Å²) in [5, 5.41) is 7.26. The lowest BCUT2D eigenvalue weighted by molar-refractivity contribution is -0.120. The molecule has 5 nitrogen and oxygen atoms in total. The molecule has 0 aliphatic heterocycles. The fourth-order valence-electron chi connectivity index (χ4n) is 1.36. The third-order valence-electron chi connectivity index (χ3n) is 2.36. The van der Waals surface area contributed by atoms with Gasteiger partial charge in [0, 0.05) is 18.0 Å². The van der Waals surface area contributed by atoms with Crippen molar-refractivity contribution in [3.05, 3.63) is 22.4 Å². The topological polar surface area (TPSA) is 67.4 Å². The lowest BCUT2D eigenvalue weighted by atomic mass is 10.3. The van der Waals surface area contributed by atoms with Crippen LogP contribution in [-0.2, 0) is 16.0 Å². The van der Waals surface area contributed by atoms with Gasteiger partial charge in [0.1, 0.15) is 0 Å². The molecule has 1 aromatic heterocycles. The quantitative estimate of drug-likeness (QED) is 0.717. The molecule has 6 heteroatoms. The summed E-state index contributed by atoms with van der Waals surface area (Å²) in [5.41, 5.74) is 0. The number of thiophene rings is 1. The van der Waals surface area contributed by atoms with Crippen molar-refractivity contribution in [2.24, 2.45) is 0 Å². The summed E-state index contributed by atoms with van der Waals surface area (Å²) in [7, 11) is 0. The van der Waals surface area contributed by atoms with Crippen LogP contribution in [0.3, 0.4) is 0 Å². The van der Waals surface area contributed by atoms with Crippen LogP contribution >= 0.6 is 11.3 Å². The molecule has 0 aliphatic rings. The van der Waals surface area contributed by atoms with Crippen LogP contribution in [0.2, 0.25) is 0 Å². The Labute approximate surface area is 117 Å². The van der Waals surface area contributed by atoms with Gasteiger partial charge in [-0.2, -0.15) is 0 Å². The van der Waals surface area contributed by atoms with E-state index in [4.69, 9.17) is 4.74 Å². The highest BCUT2D eigenvalue weighted by atomic mass is 32.1. The smallest absolute Gasteiger partial charge is 0.407 e. The van der Waals surface area contributed by atoms with Crippen molar-refractivity contribution in [1.29, 1.82) is 0 Å². The van der Waals surface area contributed by atoms with E-state index in [1.54, 1.807) is 11.3 Å². The van der Waals surface area contributed by atoms with Gasteiger partial charge in [-0.1, -0.05) is 19.4 Å². The van der Waals surface area contributed by atoms with Gasteiger partial charge in [0.05, 0.1) is 13.0 Å². The number of carbonyl (C=O) groups excluding carboxylic acids is 2. The van der Waals surface area contributed by atoms with E-state index in [0.29, 0.717) is 26.1 Å². The predicted molar refractivity (Wildman–Crippen MR) is 75.3 cm³/mol. The summed E-state index contributed by atoms with van der Waals surface area (Å²) in [5.74, 6) is -0.0383. The van der Waals surface area contributed by atoms with Crippen LogP contribution in [0.1, 0.15) is 24.6 Å². The standard InChI is InChI=1S/C13H20N2O3S/c1-2-3-8-18-13(17)15-7-6-14-12(16)10-11-5-4-9-19-11/h4-5,9H,2-3,6-8,10H2,1H3,(H,14,16)(H,15,17). The number of ether oxygens (including phenoxy) is 1. The first-order valence-corrected chi connectivity index (χ1v) is 7.30. The molecule has 0 radical (unpaired) electrons. The maximum absolute atomic E-state index is 11.5. The van der Waals surface area contributed by atoms with E-state index in [1.165, 1.54) is 0 Å². The van der Waals surface area contributed by atoms with Crippen molar-refractivity contribution in [2.75, 3.05) is 19.7 Å². The molecule has 0 unspecified atom stereocenters. The molecule has 0 saturated heterocycles. The predicted octanol–water partition coefficient (Wildman–Crippen LogP) is 1.93. The second-order valence-corrected chi connectivity index (χ2v) is 5.05. The Balaban J connectivity index is 2.01. The average molecular weight is 284 g/mol. The van der Waals surface area contributed by atoms with Crippen molar-refractivity contribution >= 4 is 23.3 Å². The monoisotopic (exact) mass is 284 g/mol. The minimum absolute atomic E-state index is 0.0383. The summed E-state index contributed by atoms with van der Waals surface area (Å²) in [6, 6.07) is 3.84. The van der Waals surface area contributed by atoms with Gasteiger partial charge in [0.2, 0.25) is 5.91 Å². The number of nitrogens with one attached hydrogen (secondary N) is 2. The number of alkyl carbamates (subject to hydrolysis) is 1. The number of hydrogen-bond donors (Lipinski definition) is 2. The second kappa shape index (κ2) is 9.38. The van der Waals surface area contributed by atoms with E-state index in [0.717, 1.165) is 17.7 Å². The van der Waals surface area contributed by atoms with Crippen LogP contribution in [0.15, 0.2) is 17.5 Å². The zero-order valence-electron chi connectivity index (χ0n) is 11.1. The number of carbonyl (C=O) groups is 2. The van der Waals surface area contributed by atoms with Gasteiger partial charge in [-0.3, -0.25) is 4.79 Å². The maximum atomic E-state index is 11.5. The molecular formula is C13H20N2O3S. The van der Waals surface area contributed by atoms with Gasteiger partial charge < -0.3 is 15.4 Å². The SMILES string of the molecule is CCCCOC(=O)NCCNC(=O)Cc1cccs1. The Hall–Kier alpha value is -1.56. The molecule has 0 atom stereocenters. The Kier molecular flexibility index (Phi) is 7.65. The highest BCUT2D eigenvalue weighted by Crippen LogP contribution is 2.08. The summed E-state index contributed by atoms with van der Waals surface area (Å²) in [6.45, 7) is 3.26. The van der Waals surface area contributed by atoms with Crippen molar-refractivity contribution in [3.8, 4) is 0 Å². The van der Waals surface area contributed by atoms with Crippen molar-refractivity contribution in [2.45, 2.75) is 26.2 Å². The molecule has 0 aliphatic carbocycles. The normalized spacial score (nSPS) is 9.95. The molecule has 0 aromatic carbocycles. The molecule has 0 saturated carbocycles. The third-order valence-corrected chi connectivity index (χ3v) is 3.24. The van der Waals surface area contributed by atoms with Crippen molar-refractivity contribution in [3.63, 3.8) is 0 Å². The van der Waals surface area contributed by atoms with Crippen LogP contribution in [0.25, 0.3) is 0 Å². The van der Waals surface area contributed by atoms with Crippen LogP contribution in [0.4, 0.5) is 4.79 Å². The van der Waals surface area contributed by atoms with Crippen LogP contribution in [0.5, 0.6) is 0 Å². The summed E-state index contributed by atoms with van der Waals surface area (Å²) < 4.78 is 4.91. The van der Waals surface area contributed by atoms with E-state index in [1.807, 2.05) is 24.4 Å². The first-order valence-electron chi connectivity index (χ1n) is 6.42. The average Bonchev–Trinajstić information content (AvgIpc) is 2.88. The fourth-order valence-corrected chi connectivity index (χ4v) is 2.06. The first-order chi connectivity index (χ1) is 9.22. The Morgan fingerprint density at radius 3 is 2.79 bits per heavy atom. The van der Waals surface area contributed by atoms with Crippen LogP contribution in [-0.4, -0.2) is 31.7 Å². The van der Waals surface area contributed by atoms with Gasteiger partial charge in [-0.05, 0) is 17.9 Å². The Morgan fingerprint density at radius 1 is 1.32 bits per heavy atom. The van der Waals surface area contributed by atoms with Crippen LogP contribution < -0.4 is 10.6 Å². The molecule has 1 heterocycles. The lowest BCUT2D eigenvalue weighted by Crippen LogP contribution is -2.35. The molecule has 2 N–H and O–H groups in total. The number of amides is 2. The van der Waals surface area contributed by atoms with E-state index >= 15 is 0 Å². The molecule has 0 fully saturated rings.